The summed E-state index contributed by atoms with van der Waals surface area (Å²) in [7, 11) is 0. The number of carbonyl (C=O) groups excluding carboxylic acids is 1. The molecule has 1 aliphatic rings. The molecule has 0 spiro atoms. The van der Waals surface area contributed by atoms with Crippen LogP contribution in [0, 0.1) is 0 Å². The maximum absolute atomic E-state index is 12.2. The number of carbonyl (C=O) groups is 1. The molecule has 0 saturated carbocycles. The quantitative estimate of drug-likeness (QED) is 0.900. The van der Waals surface area contributed by atoms with Gasteiger partial charge in [-0.3, -0.25) is 0 Å². The van der Waals surface area contributed by atoms with Crippen LogP contribution in [0.4, 0.5) is 4.79 Å². The number of phenols is 1. The van der Waals surface area contributed by atoms with Crippen molar-refractivity contribution in [2.24, 2.45) is 0 Å². The largest absolute Gasteiger partial charge is 0.508 e. The van der Waals surface area contributed by atoms with Crippen LogP contribution < -0.4 is 0 Å². The van der Waals surface area contributed by atoms with E-state index in [2.05, 4.69) is 9.55 Å². The number of aromatic nitrogens is 2. The van der Waals surface area contributed by atoms with Crippen LogP contribution in [-0.4, -0.2) is 44.3 Å². The van der Waals surface area contributed by atoms with Crippen LogP contribution in [0.3, 0.4) is 0 Å². The molecule has 0 aliphatic carbocycles. The standard InChI is InChI=1S/C19H25N3O3/c1-19(2,3)25-18(24)21-10-8-15(9-11-21)22-13-20-12-17(22)14-4-6-16(23)7-5-14/h4-7,12-13,15,23H,8-11H2,1-3H3. The molecule has 2 aromatic rings. The monoisotopic (exact) mass is 343 g/mol. The Kier molecular flexibility index (Phi) is 4.70. The molecule has 6 nitrogen and oxygen atoms in total. The van der Waals surface area contributed by atoms with Crippen molar-refractivity contribution < 1.29 is 14.6 Å². The van der Waals surface area contributed by atoms with Gasteiger partial charge in [0.25, 0.3) is 0 Å². The number of nitrogens with zero attached hydrogens (tertiary/aromatic N) is 3. The molecule has 1 aromatic carbocycles. The van der Waals surface area contributed by atoms with Gasteiger partial charge in [-0.05, 0) is 57.9 Å². The summed E-state index contributed by atoms with van der Waals surface area (Å²) in [6.07, 6.45) is 5.17. The first-order chi connectivity index (χ1) is 11.8. The van der Waals surface area contributed by atoms with E-state index in [4.69, 9.17) is 4.74 Å². The highest BCUT2D eigenvalue weighted by molar-refractivity contribution is 5.68. The molecule has 0 radical (unpaired) electrons. The summed E-state index contributed by atoms with van der Waals surface area (Å²) in [5.74, 6) is 0.250. The average molecular weight is 343 g/mol. The van der Waals surface area contributed by atoms with Crippen LogP contribution in [0.25, 0.3) is 11.3 Å². The number of piperidine rings is 1. The zero-order valence-corrected chi connectivity index (χ0v) is 15.0. The zero-order chi connectivity index (χ0) is 18.0. The number of ether oxygens (including phenoxy) is 1. The minimum absolute atomic E-state index is 0.240. The van der Waals surface area contributed by atoms with Gasteiger partial charge >= 0.3 is 6.09 Å². The van der Waals surface area contributed by atoms with Crippen molar-refractivity contribution in [1.29, 1.82) is 0 Å². The van der Waals surface area contributed by atoms with Crippen molar-refractivity contribution in [2.75, 3.05) is 13.1 Å². The van der Waals surface area contributed by atoms with Gasteiger partial charge in [0.05, 0.1) is 18.2 Å². The second kappa shape index (κ2) is 6.78. The first kappa shape index (κ1) is 17.3. The Balaban J connectivity index is 1.67. The fourth-order valence-corrected chi connectivity index (χ4v) is 3.10. The summed E-state index contributed by atoms with van der Waals surface area (Å²) in [5.41, 5.74) is 1.57. The second-order valence-corrected chi connectivity index (χ2v) is 7.43. The van der Waals surface area contributed by atoms with E-state index in [1.807, 2.05) is 45.4 Å². The molecule has 1 saturated heterocycles. The van der Waals surface area contributed by atoms with Crippen LogP contribution in [0.15, 0.2) is 36.8 Å². The maximum Gasteiger partial charge on any atom is 0.410 e. The average Bonchev–Trinajstić information content (AvgIpc) is 3.04. The molecule has 25 heavy (non-hydrogen) atoms. The smallest absolute Gasteiger partial charge is 0.410 e. The first-order valence-corrected chi connectivity index (χ1v) is 8.62. The molecule has 1 N–H and O–H groups in total. The molecule has 0 unspecified atom stereocenters. The molecular formula is C19H25N3O3. The van der Waals surface area contributed by atoms with Crippen molar-refractivity contribution in [3.8, 4) is 17.0 Å². The molecule has 2 heterocycles. The molecule has 0 bridgehead atoms. The number of rotatable bonds is 2. The van der Waals surface area contributed by atoms with Crippen molar-refractivity contribution in [3.63, 3.8) is 0 Å². The fourth-order valence-electron chi connectivity index (χ4n) is 3.10. The van der Waals surface area contributed by atoms with Crippen molar-refractivity contribution in [2.45, 2.75) is 45.3 Å². The Morgan fingerprint density at radius 2 is 1.84 bits per heavy atom. The number of likely N-dealkylation sites (tertiary alicyclic amines) is 1. The molecule has 134 valence electrons. The SMILES string of the molecule is CC(C)(C)OC(=O)N1CCC(n2cncc2-c2ccc(O)cc2)CC1. The molecule has 1 amide bonds. The number of hydrogen-bond acceptors (Lipinski definition) is 4. The van der Waals surface area contributed by atoms with Gasteiger partial charge in [-0.1, -0.05) is 0 Å². The minimum atomic E-state index is -0.468. The van der Waals surface area contributed by atoms with Crippen molar-refractivity contribution in [1.82, 2.24) is 14.5 Å². The van der Waals surface area contributed by atoms with Crippen LogP contribution in [0.5, 0.6) is 5.75 Å². The highest BCUT2D eigenvalue weighted by atomic mass is 16.6. The molecule has 6 heteroatoms. The van der Waals surface area contributed by atoms with Gasteiger partial charge in [0.1, 0.15) is 11.4 Å². The predicted molar refractivity (Wildman–Crippen MR) is 95.4 cm³/mol. The maximum atomic E-state index is 12.2. The van der Waals surface area contributed by atoms with Crippen LogP contribution in [0.2, 0.25) is 0 Å². The second-order valence-electron chi connectivity index (χ2n) is 7.43. The molecule has 1 fully saturated rings. The summed E-state index contributed by atoms with van der Waals surface area (Å²) >= 11 is 0. The van der Waals surface area contributed by atoms with E-state index in [-0.39, 0.29) is 11.8 Å². The Morgan fingerprint density at radius 1 is 1.20 bits per heavy atom. The lowest BCUT2D eigenvalue weighted by Gasteiger charge is -2.34. The fraction of sp³-hybridized carbons (Fsp3) is 0.474. The number of imidazole rings is 1. The van der Waals surface area contributed by atoms with E-state index < -0.39 is 5.60 Å². The van der Waals surface area contributed by atoms with Gasteiger partial charge in [-0.15, -0.1) is 0 Å². The zero-order valence-electron chi connectivity index (χ0n) is 15.0. The van der Waals surface area contributed by atoms with Gasteiger partial charge in [0.15, 0.2) is 0 Å². The topological polar surface area (TPSA) is 67.6 Å². The van der Waals surface area contributed by atoms with Crippen LogP contribution >= 0.6 is 0 Å². The van der Waals surface area contributed by atoms with Gasteiger partial charge in [-0.2, -0.15) is 0 Å². The van der Waals surface area contributed by atoms with Gasteiger partial charge in [0, 0.05) is 24.7 Å². The van der Waals surface area contributed by atoms with Gasteiger partial charge in [-0.25, -0.2) is 9.78 Å². The van der Waals surface area contributed by atoms with Gasteiger partial charge < -0.3 is 19.3 Å². The Bertz CT molecular complexity index is 723. The van der Waals surface area contributed by atoms with E-state index in [1.54, 1.807) is 17.0 Å². The predicted octanol–water partition coefficient (Wildman–Crippen LogP) is 3.83. The third-order valence-corrected chi connectivity index (χ3v) is 4.34. The molecule has 3 rings (SSSR count). The first-order valence-electron chi connectivity index (χ1n) is 8.62. The lowest BCUT2D eigenvalue weighted by molar-refractivity contribution is 0.0189. The summed E-state index contributed by atoms with van der Waals surface area (Å²) in [4.78, 5) is 18.3. The molecule has 1 aliphatic heterocycles. The van der Waals surface area contributed by atoms with E-state index in [1.165, 1.54) is 0 Å². The Morgan fingerprint density at radius 3 is 2.44 bits per heavy atom. The van der Waals surface area contributed by atoms with Crippen LogP contribution in [0.1, 0.15) is 39.7 Å². The number of aromatic hydroxyl groups is 1. The number of benzene rings is 1. The summed E-state index contributed by atoms with van der Waals surface area (Å²) in [6.45, 7) is 6.99. The number of hydrogen-bond donors (Lipinski definition) is 1. The van der Waals surface area contributed by atoms with Gasteiger partial charge in [0.2, 0.25) is 0 Å². The summed E-state index contributed by atoms with van der Waals surface area (Å²) < 4.78 is 7.62. The summed E-state index contributed by atoms with van der Waals surface area (Å²) in [5, 5.41) is 9.46. The number of phenolic OH excluding ortho intramolecular Hbond substituents is 1. The summed E-state index contributed by atoms with van der Waals surface area (Å²) in [6, 6.07) is 7.43. The lowest BCUT2D eigenvalue weighted by atomic mass is 10.0. The van der Waals surface area contributed by atoms with E-state index in [9.17, 15) is 9.90 Å². The van der Waals surface area contributed by atoms with E-state index in [0.29, 0.717) is 19.1 Å². The third kappa shape index (κ3) is 4.13. The van der Waals surface area contributed by atoms with E-state index >= 15 is 0 Å². The molecule has 1 aromatic heterocycles. The Hall–Kier alpha value is -2.50. The highest BCUT2D eigenvalue weighted by Crippen LogP contribution is 2.30. The van der Waals surface area contributed by atoms with E-state index in [0.717, 1.165) is 24.1 Å². The van der Waals surface area contributed by atoms with Crippen LogP contribution in [-0.2, 0) is 4.74 Å². The van der Waals surface area contributed by atoms with Crippen molar-refractivity contribution in [3.05, 3.63) is 36.8 Å². The van der Waals surface area contributed by atoms with Crippen molar-refractivity contribution >= 4 is 6.09 Å². The lowest BCUT2D eigenvalue weighted by Crippen LogP contribution is -2.42. The molecular weight excluding hydrogens is 318 g/mol. The number of amides is 1. The minimum Gasteiger partial charge on any atom is -0.508 e. The highest BCUT2D eigenvalue weighted by Gasteiger charge is 2.28. The third-order valence-electron chi connectivity index (χ3n) is 4.34. The Labute approximate surface area is 148 Å². The molecule has 0 atom stereocenters. The normalized spacial score (nSPS) is 16.0.